The van der Waals surface area contributed by atoms with E-state index in [9.17, 15) is 18.0 Å². The zero-order chi connectivity index (χ0) is 19.6. The van der Waals surface area contributed by atoms with Crippen molar-refractivity contribution < 1.29 is 18.0 Å². The van der Waals surface area contributed by atoms with Gasteiger partial charge in [0.05, 0.1) is 17.0 Å². The van der Waals surface area contributed by atoms with Gasteiger partial charge in [-0.15, -0.1) is 11.3 Å². The van der Waals surface area contributed by atoms with Gasteiger partial charge < -0.3 is 5.32 Å². The summed E-state index contributed by atoms with van der Waals surface area (Å²) in [5.41, 5.74) is 2.12. The number of thiazole rings is 1. The van der Waals surface area contributed by atoms with Crippen molar-refractivity contribution in [3.63, 3.8) is 0 Å². The molecule has 0 aliphatic rings. The van der Waals surface area contributed by atoms with Crippen molar-refractivity contribution in [3.05, 3.63) is 63.9 Å². The Hall–Kier alpha value is -2.68. The smallest absolute Gasteiger partial charge is 0.352 e. The van der Waals surface area contributed by atoms with Crippen LogP contribution in [-0.2, 0) is 12.6 Å². The van der Waals surface area contributed by atoms with Crippen LogP contribution in [0.1, 0.15) is 33.0 Å². The minimum Gasteiger partial charge on any atom is -0.352 e. The van der Waals surface area contributed by atoms with E-state index in [2.05, 4.69) is 15.4 Å². The van der Waals surface area contributed by atoms with Gasteiger partial charge in [-0.2, -0.15) is 18.3 Å². The fourth-order valence-corrected chi connectivity index (χ4v) is 3.41. The quantitative estimate of drug-likeness (QED) is 0.713. The highest BCUT2D eigenvalue weighted by atomic mass is 32.1. The second kappa shape index (κ2) is 7.51. The van der Waals surface area contributed by atoms with Crippen LogP contribution in [0.3, 0.4) is 0 Å². The summed E-state index contributed by atoms with van der Waals surface area (Å²) in [5, 5.41) is 9.73. The summed E-state index contributed by atoms with van der Waals surface area (Å²) in [4.78, 5) is 16.6. The molecule has 0 spiro atoms. The number of rotatable bonds is 5. The number of nitrogens with one attached hydrogen (secondary N) is 1. The number of aromatic nitrogens is 3. The number of aryl methyl sites for hydroxylation is 2. The van der Waals surface area contributed by atoms with Crippen molar-refractivity contribution in [2.45, 2.75) is 26.4 Å². The average molecular weight is 394 g/mol. The van der Waals surface area contributed by atoms with E-state index in [4.69, 9.17) is 0 Å². The Morgan fingerprint density at radius 3 is 2.52 bits per heavy atom. The van der Waals surface area contributed by atoms with Crippen LogP contribution in [0.2, 0.25) is 0 Å². The monoisotopic (exact) mass is 394 g/mol. The highest BCUT2D eigenvalue weighted by molar-refractivity contribution is 7.12. The molecule has 9 heteroatoms. The average Bonchev–Trinajstić information content (AvgIpc) is 3.20. The van der Waals surface area contributed by atoms with Crippen LogP contribution in [0.15, 0.2) is 35.7 Å². The van der Waals surface area contributed by atoms with Crippen LogP contribution in [-0.4, -0.2) is 27.2 Å². The maximum absolute atomic E-state index is 12.5. The molecular weight excluding hydrogens is 377 g/mol. The lowest BCUT2D eigenvalue weighted by Crippen LogP contribution is -2.25. The number of alkyl halides is 3. The largest absolute Gasteiger partial charge is 0.416 e. The molecule has 0 fully saturated rings. The van der Waals surface area contributed by atoms with Gasteiger partial charge in [-0.25, -0.2) is 9.67 Å². The predicted molar refractivity (Wildman–Crippen MR) is 96.2 cm³/mol. The topological polar surface area (TPSA) is 59.8 Å². The SMILES string of the molecule is Cc1cc(C)n(-c2nc(CCNC(=O)c3ccc(C(F)(F)F)cc3)cs2)n1. The van der Waals surface area contributed by atoms with Crippen LogP contribution in [0.5, 0.6) is 0 Å². The summed E-state index contributed by atoms with van der Waals surface area (Å²) >= 11 is 1.46. The Kier molecular flexibility index (Phi) is 5.31. The van der Waals surface area contributed by atoms with Crippen LogP contribution >= 0.6 is 11.3 Å². The first-order chi connectivity index (χ1) is 12.7. The molecule has 2 aromatic heterocycles. The Labute approximate surface area is 157 Å². The summed E-state index contributed by atoms with van der Waals surface area (Å²) in [7, 11) is 0. The van der Waals surface area contributed by atoms with Crippen molar-refractivity contribution in [1.82, 2.24) is 20.1 Å². The molecule has 0 aliphatic carbocycles. The molecule has 0 saturated heterocycles. The molecular formula is C18H17F3N4OS. The van der Waals surface area contributed by atoms with Crippen molar-refractivity contribution in [1.29, 1.82) is 0 Å². The van der Waals surface area contributed by atoms with E-state index < -0.39 is 17.6 Å². The third kappa shape index (κ3) is 4.54. The molecule has 0 unspecified atom stereocenters. The first kappa shape index (κ1) is 19.1. The van der Waals surface area contributed by atoms with Gasteiger partial charge in [0, 0.05) is 29.6 Å². The molecule has 3 rings (SSSR count). The van der Waals surface area contributed by atoms with Gasteiger partial charge in [0.1, 0.15) is 0 Å². The van der Waals surface area contributed by atoms with Gasteiger partial charge in [0.25, 0.3) is 5.91 Å². The maximum atomic E-state index is 12.5. The third-order valence-electron chi connectivity index (χ3n) is 3.87. The van der Waals surface area contributed by atoms with E-state index in [1.807, 2.05) is 25.3 Å². The second-order valence-electron chi connectivity index (χ2n) is 6.04. The Morgan fingerprint density at radius 1 is 1.22 bits per heavy atom. The van der Waals surface area contributed by atoms with Crippen LogP contribution in [0, 0.1) is 13.8 Å². The Bertz CT molecular complexity index is 944. The molecule has 0 bridgehead atoms. The molecule has 0 saturated carbocycles. The Balaban J connectivity index is 1.55. The van der Waals surface area contributed by atoms with Gasteiger partial charge >= 0.3 is 6.18 Å². The van der Waals surface area contributed by atoms with Crippen molar-refractivity contribution >= 4 is 17.2 Å². The zero-order valence-corrected chi connectivity index (χ0v) is 15.5. The molecule has 27 heavy (non-hydrogen) atoms. The number of nitrogens with zero attached hydrogens (tertiary/aromatic N) is 3. The lowest BCUT2D eigenvalue weighted by atomic mass is 10.1. The maximum Gasteiger partial charge on any atom is 0.416 e. The lowest BCUT2D eigenvalue weighted by molar-refractivity contribution is -0.137. The highest BCUT2D eigenvalue weighted by Gasteiger charge is 2.30. The van der Waals surface area contributed by atoms with E-state index in [0.29, 0.717) is 13.0 Å². The molecule has 1 aromatic carbocycles. The summed E-state index contributed by atoms with van der Waals surface area (Å²) in [6.07, 6.45) is -3.90. The van der Waals surface area contributed by atoms with Gasteiger partial charge in [-0.1, -0.05) is 0 Å². The van der Waals surface area contributed by atoms with Gasteiger partial charge in [0.2, 0.25) is 5.13 Å². The van der Waals surface area contributed by atoms with Gasteiger partial charge in [-0.05, 0) is 44.2 Å². The lowest BCUT2D eigenvalue weighted by Gasteiger charge is -2.08. The highest BCUT2D eigenvalue weighted by Crippen LogP contribution is 2.29. The van der Waals surface area contributed by atoms with E-state index in [0.717, 1.165) is 34.3 Å². The fraction of sp³-hybridized carbons (Fsp3) is 0.278. The number of benzene rings is 1. The van der Waals surface area contributed by atoms with Crippen molar-refractivity contribution in [2.24, 2.45) is 0 Å². The van der Waals surface area contributed by atoms with Gasteiger partial charge in [-0.3, -0.25) is 4.79 Å². The van der Waals surface area contributed by atoms with Crippen molar-refractivity contribution in [2.75, 3.05) is 6.54 Å². The van der Waals surface area contributed by atoms with E-state index >= 15 is 0 Å². The number of hydrogen-bond acceptors (Lipinski definition) is 4. The van der Waals surface area contributed by atoms with E-state index in [1.165, 1.54) is 23.5 Å². The molecule has 5 nitrogen and oxygen atoms in total. The number of carbonyl (C=O) groups excluding carboxylic acids is 1. The minimum atomic E-state index is -4.41. The standard InChI is InChI=1S/C18H17F3N4OS/c1-11-9-12(2)25(24-11)17-23-15(10-27-17)7-8-22-16(26)13-3-5-14(6-4-13)18(19,20)21/h3-6,9-10H,7-8H2,1-2H3,(H,22,26). The van der Waals surface area contributed by atoms with Crippen LogP contribution in [0.4, 0.5) is 13.2 Å². The molecule has 0 atom stereocenters. The zero-order valence-electron chi connectivity index (χ0n) is 14.7. The number of carbonyl (C=O) groups is 1. The first-order valence-corrected chi connectivity index (χ1v) is 9.05. The second-order valence-corrected chi connectivity index (χ2v) is 6.88. The van der Waals surface area contributed by atoms with E-state index in [-0.39, 0.29) is 5.56 Å². The minimum absolute atomic E-state index is 0.185. The normalized spacial score (nSPS) is 11.6. The van der Waals surface area contributed by atoms with Crippen LogP contribution < -0.4 is 5.32 Å². The molecule has 0 radical (unpaired) electrons. The number of halogens is 3. The van der Waals surface area contributed by atoms with E-state index in [1.54, 1.807) is 4.68 Å². The third-order valence-corrected chi connectivity index (χ3v) is 4.74. The predicted octanol–water partition coefficient (Wildman–Crippen LogP) is 3.94. The summed E-state index contributed by atoms with van der Waals surface area (Å²) in [6, 6.07) is 6.10. The van der Waals surface area contributed by atoms with Gasteiger partial charge in [0.15, 0.2) is 0 Å². The summed E-state index contributed by atoms with van der Waals surface area (Å²) in [5.74, 6) is -0.419. The number of hydrogen-bond donors (Lipinski definition) is 1. The molecule has 2 heterocycles. The first-order valence-electron chi connectivity index (χ1n) is 8.17. The fourth-order valence-electron chi connectivity index (χ4n) is 2.55. The Morgan fingerprint density at radius 2 is 1.93 bits per heavy atom. The summed E-state index contributed by atoms with van der Waals surface area (Å²) < 4.78 is 39.4. The molecule has 142 valence electrons. The molecule has 3 aromatic rings. The summed E-state index contributed by atoms with van der Waals surface area (Å²) in [6.45, 7) is 4.19. The molecule has 1 amide bonds. The van der Waals surface area contributed by atoms with Crippen LogP contribution in [0.25, 0.3) is 5.13 Å². The molecule has 0 aliphatic heterocycles. The number of amides is 1. The molecule has 1 N–H and O–H groups in total. The van der Waals surface area contributed by atoms with Crippen molar-refractivity contribution in [3.8, 4) is 5.13 Å².